The Labute approximate surface area is 89.7 Å². The van der Waals surface area contributed by atoms with E-state index in [1.807, 2.05) is 11.8 Å². The molecule has 0 aromatic heterocycles. The first kappa shape index (κ1) is 10.3. The fourth-order valence-corrected chi connectivity index (χ4v) is 2.77. The highest BCUT2D eigenvalue weighted by molar-refractivity contribution is 8.14. The van der Waals surface area contributed by atoms with Gasteiger partial charge in [0.2, 0.25) is 0 Å². The zero-order valence-electron chi connectivity index (χ0n) is 8.82. The molecule has 3 atom stereocenters. The number of ether oxygens (including phenoxy) is 1. The van der Waals surface area contributed by atoms with Gasteiger partial charge in [-0.05, 0) is 19.8 Å². The maximum Gasteiger partial charge on any atom is 0.157 e. The first-order valence-corrected chi connectivity index (χ1v) is 6.22. The molecule has 0 bridgehead atoms. The van der Waals surface area contributed by atoms with Crippen LogP contribution in [0.2, 0.25) is 0 Å². The molecule has 0 radical (unpaired) electrons. The third kappa shape index (κ3) is 2.42. The summed E-state index contributed by atoms with van der Waals surface area (Å²) in [5.74, 6) is 0. The molecule has 14 heavy (non-hydrogen) atoms. The van der Waals surface area contributed by atoms with Crippen LogP contribution < -0.4 is 5.32 Å². The molecule has 2 aliphatic heterocycles. The van der Waals surface area contributed by atoms with E-state index in [0.29, 0.717) is 17.3 Å². The summed E-state index contributed by atoms with van der Waals surface area (Å²) in [5.41, 5.74) is 0. The summed E-state index contributed by atoms with van der Waals surface area (Å²) in [6.07, 6.45) is 2.38. The summed E-state index contributed by atoms with van der Waals surface area (Å²) in [7, 11) is 0. The van der Waals surface area contributed by atoms with Gasteiger partial charge in [-0.1, -0.05) is 18.7 Å². The molecule has 0 aromatic rings. The molecule has 0 aromatic carbocycles. The number of nitrogens with one attached hydrogen (secondary N) is 1. The van der Waals surface area contributed by atoms with Gasteiger partial charge in [0.1, 0.15) is 0 Å². The highest BCUT2D eigenvalue weighted by Crippen LogP contribution is 2.25. The summed E-state index contributed by atoms with van der Waals surface area (Å²) in [4.78, 5) is 4.58. The van der Waals surface area contributed by atoms with Crippen molar-refractivity contribution in [2.45, 2.75) is 44.0 Å². The van der Waals surface area contributed by atoms with Crippen molar-refractivity contribution in [1.82, 2.24) is 5.32 Å². The Hall–Kier alpha value is -0.220. The lowest BCUT2D eigenvalue weighted by atomic mass is 10.1. The van der Waals surface area contributed by atoms with Crippen LogP contribution in [0, 0.1) is 0 Å². The third-order valence-corrected chi connectivity index (χ3v) is 4.00. The van der Waals surface area contributed by atoms with Gasteiger partial charge < -0.3 is 10.1 Å². The number of rotatable bonds is 1. The maximum absolute atomic E-state index is 5.42. The van der Waals surface area contributed by atoms with Gasteiger partial charge in [-0.3, -0.25) is 4.99 Å². The molecule has 2 aliphatic rings. The number of amidine groups is 1. The Morgan fingerprint density at radius 3 is 2.93 bits per heavy atom. The lowest BCUT2D eigenvalue weighted by molar-refractivity contribution is 0.0767. The van der Waals surface area contributed by atoms with Gasteiger partial charge in [0, 0.05) is 11.9 Å². The highest BCUT2D eigenvalue weighted by atomic mass is 32.2. The van der Waals surface area contributed by atoms with Crippen molar-refractivity contribution < 1.29 is 4.74 Å². The van der Waals surface area contributed by atoms with E-state index in [0.717, 1.165) is 18.4 Å². The SMILES string of the molecule is CC1N=C(NC2CCCOC2)SC1C. The molecule has 4 heteroatoms. The molecular weight excluding hydrogens is 196 g/mol. The zero-order chi connectivity index (χ0) is 9.97. The van der Waals surface area contributed by atoms with Crippen LogP contribution >= 0.6 is 11.8 Å². The first-order valence-electron chi connectivity index (χ1n) is 5.34. The van der Waals surface area contributed by atoms with Crippen molar-refractivity contribution in [3.63, 3.8) is 0 Å². The minimum absolute atomic E-state index is 0.451. The van der Waals surface area contributed by atoms with E-state index in [2.05, 4.69) is 24.2 Å². The largest absolute Gasteiger partial charge is 0.379 e. The molecular formula is C10H18N2OS. The van der Waals surface area contributed by atoms with Crippen molar-refractivity contribution in [1.29, 1.82) is 0 Å². The molecule has 2 heterocycles. The Morgan fingerprint density at radius 2 is 2.36 bits per heavy atom. The van der Waals surface area contributed by atoms with Crippen LogP contribution in [0.5, 0.6) is 0 Å². The second-order valence-electron chi connectivity index (χ2n) is 4.06. The number of hydrogen-bond donors (Lipinski definition) is 1. The van der Waals surface area contributed by atoms with Gasteiger partial charge in [-0.25, -0.2) is 0 Å². The molecule has 1 saturated heterocycles. The monoisotopic (exact) mass is 214 g/mol. The predicted octanol–water partition coefficient (Wildman–Crippen LogP) is 1.63. The second kappa shape index (κ2) is 4.53. The van der Waals surface area contributed by atoms with Crippen molar-refractivity contribution in [2.24, 2.45) is 4.99 Å². The van der Waals surface area contributed by atoms with E-state index in [-0.39, 0.29) is 0 Å². The quantitative estimate of drug-likeness (QED) is 0.720. The van der Waals surface area contributed by atoms with Crippen molar-refractivity contribution in [3.05, 3.63) is 0 Å². The molecule has 1 N–H and O–H groups in total. The van der Waals surface area contributed by atoms with Crippen LogP contribution in [0.15, 0.2) is 4.99 Å². The van der Waals surface area contributed by atoms with E-state index in [9.17, 15) is 0 Å². The van der Waals surface area contributed by atoms with Crippen LogP contribution in [0.3, 0.4) is 0 Å². The molecule has 80 valence electrons. The number of aliphatic imine (C=N–C) groups is 1. The lowest BCUT2D eigenvalue weighted by Crippen LogP contribution is -2.39. The molecule has 3 unspecified atom stereocenters. The summed E-state index contributed by atoms with van der Waals surface area (Å²) >= 11 is 1.85. The lowest BCUT2D eigenvalue weighted by Gasteiger charge is -2.23. The van der Waals surface area contributed by atoms with Crippen molar-refractivity contribution in [3.8, 4) is 0 Å². The molecule has 2 rings (SSSR count). The minimum Gasteiger partial charge on any atom is -0.379 e. The van der Waals surface area contributed by atoms with Gasteiger partial charge in [0.25, 0.3) is 0 Å². The summed E-state index contributed by atoms with van der Waals surface area (Å²) < 4.78 is 5.42. The fourth-order valence-electron chi connectivity index (χ4n) is 1.70. The molecule has 0 aliphatic carbocycles. The highest BCUT2D eigenvalue weighted by Gasteiger charge is 2.24. The van der Waals surface area contributed by atoms with Gasteiger partial charge >= 0.3 is 0 Å². The van der Waals surface area contributed by atoms with E-state index < -0.39 is 0 Å². The molecule has 1 fully saturated rings. The normalized spacial score (nSPS) is 38.1. The van der Waals surface area contributed by atoms with E-state index in [1.165, 1.54) is 12.8 Å². The maximum atomic E-state index is 5.42. The Morgan fingerprint density at radius 1 is 1.50 bits per heavy atom. The first-order chi connectivity index (χ1) is 6.75. The van der Waals surface area contributed by atoms with Crippen LogP contribution in [0.4, 0.5) is 0 Å². The van der Waals surface area contributed by atoms with Crippen LogP contribution in [0.25, 0.3) is 0 Å². The van der Waals surface area contributed by atoms with Crippen LogP contribution in [-0.2, 0) is 4.74 Å². The fraction of sp³-hybridized carbons (Fsp3) is 0.900. The second-order valence-corrected chi connectivity index (χ2v) is 5.42. The standard InChI is InChI=1S/C10H18N2OS/c1-7-8(2)14-10(11-7)12-9-4-3-5-13-6-9/h7-9H,3-6H2,1-2H3,(H,11,12). The van der Waals surface area contributed by atoms with Crippen molar-refractivity contribution in [2.75, 3.05) is 13.2 Å². The average molecular weight is 214 g/mol. The van der Waals surface area contributed by atoms with Gasteiger partial charge in [0.05, 0.1) is 18.7 Å². The number of nitrogens with zero attached hydrogens (tertiary/aromatic N) is 1. The summed E-state index contributed by atoms with van der Waals surface area (Å²) in [6.45, 7) is 6.15. The Bertz CT molecular complexity index is 226. The number of hydrogen-bond acceptors (Lipinski definition) is 4. The van der Waals surface area contributed by atoms with E-state index in [4.69, 9.17) is 4.74 Å². The van der Waals surface area contributed by atoms with Crippen LogP contribution in [0.1, 0.15) is 26.7 Å². The molecule has 0 saturated carbocycles. The summed E-state index contributed by atoms with van der Waals surface area (Å²) in [6, 6.07) is 0.930. The number of thioether (sulfide) groups is 1. The minimum atomic E-state index is 0.451. The molecule has 3 nitrogen and oxygen atoms in total. The Balaban J connectivity index is 1.82. The Kier molecular flexibility index (Phi) is 3.34. The van der Waals surface area contributed by atoms with Gasteiger partial charge in [0.15, 0.2) is 5.17 Å². The van der Waals surface area contributed by atoms with E-state index >= 15 is 0 Å². The zero-order valence-corrected chi connectivity index (χ0v) is 9.64. The topological polar surface area (TPSA) is 33.6 Å². The molecule has 0 amide bonds. The third-order valence-electron chi connectivity index (χ3n) is 2.79. The smallest absolute Gasteiger partial charge is 0.157 e. The molecule has 0 spiro atoms. The average Bonchev–Trinajstić information content (AvgIpc) is 2.47. The van der Waals surface area contributed by atoms with Gasteiger partial charge in [-0.15, -0.1) is 0 Å². The van der Waals surface area contributed by atoms with E-state index in [1.54, 1.807) is 0 Å². The summed E-state index contributed by atoms with van der Waals surface area (Å²) in [5, 5.41) is 5.19. The van der Waals surface area contributed by atoms with Crippen molar-refractivity contribution >= 4 is 16.9 Å². The van der Waals surface area contributed by atoms with Crippen LogP contribution in [-0.4, -0.2) is 35.7 Å². The van der Waals surface area contributed by atoms with Gasteiger partial charge in [-0.2, -0.15) is 0 Å². The predicted molar refractivity (Wildman–Crippen MR) is 60.9 cm³/mol.